The molecule has 0 aliphatic carbocycles. The number of hydrogen-bond donors (Lipinski definition) is 1. The number of aryl methyl sites for hydroxylation is 2. The largest absolute Gasteiger partial charge is 0.493 e. The van der Waals surface area contributed by atoms with Gasteiger partial charge in [0.1, 0.15) is 12.6 Å². The zero-order valence-corrected chi connectivity index (χ0v) is 25.3. The first-order valence-electron chi connectivity index (χ1n) is 13.5. The lowest BCUT2D eigenvalue weighted by atomic mass is 10.1. The standard InChI is InChI=1S/C31H39N3O6S/c1-7-27(31(36)32-8-2)33(20-24-12-10-9-11-23(24)4)30(35)21-34(25-15-13-22(3)14-16-25)41(37,38)26-17-18-28(39-5)29(19-26)40-6/h9-19,27H,7-8,20-21H2,1-6H3,(H,32,36)/t27-/m0/s1. The predicted molar refractivity (Wildman–Crippen MR) is 160 cm³/mol. The van der Waals surface area contributed by atoms with Gasteiger partial charge in [-0.05, 0) is 62.6 Å². The molecule has 3 aromatic carbocycles. The number of carbonyl (C=O) groups is 2. The summed E-state index contributed by atoms with van der Waals surface area (Å²) in [7, 11) is -1.36. The molecule has 0 unspecified atom stereocenters. The number of benzene rings is 3. The third-order valence-corrected chi connectivity index (χ3v) is 8.65. The molecule has 0 heterocycles. The molecule has 0 aromatic heterocycles. The Kier molecular flexibility index (Phi) is 10.8. The maximum absolute atomic E-state index is 14.1. The molecule has 3 aromatic rings. The number of sulfonamides is 1. The minimum atomic E-state index is -4.25. The Balaban J connectivity index is 2.10. The van der Waals surface area contributed by atoms with Gasteiger partial charge < -0.3 is 19.7 Å². The zero-order chi connectivity index (χ0) is 30.2. The van der Waals surface area contributed by atoms with Crippen LogP contribution in [-0.2, 0) is 26.2 Å². The van der Waals surface area contributed by atoms with Crippen molar-refractivity contribution in [2.75, 3.05) is 31.6 Å². The number of methoxy groups -OCH3 is 2. The lowest BCUT2D eigenvalue weighted by Gasteiger charge is -2.33. The first-order valence-corrected chi connectivity index (χ1v) is 14.9. The molecule has 41 heavy (non-hydrogen) atoms. The number of carbonyl (C=O) groups excluding carboxylic acids is 2. The highest BCUT2D eigenvalue weighted by Gasteiger charge is 2.34. The van der Waals surface area contributed by atoms with Crippen LogP contribution in [0.1, 0.15) is 37.0 Å². The van der Waals surface area contributed by atoms with Crippen molar-refractivity contribution in [2.45, 2.75) is 51.6 Å². The fourth-order valence-corrected chi connectivity index (χ4v) is 5.96. The monoisotopic (exact) mass is 581 g/mol. The van der Waals surface area contributed by atoms with Crippen molar-refractivity contribution in [2.24, 2.45) is 0 Å². The van der Waals surface area contributed by atoms with E-state index in [-0.39, 0.29) is 23.1 Å². The molecule has 0 radical (unpaired) electrons. The van der Waals surface area contributed by atoms with E-state index in [1.54, 1.807) is 24.3 Å². The SMILES string of the molecule is CCNC(=O)[C@H](CC)N(Cc1ccccc1C)C(=O)CN(c1ccc(C)cc1)S(=O)(=O)c1ccc(OC)c(OC)c1. The van der Waals surface area contributed by atoms with Crippen molar-refractivity contribution in [3.05, 3.63) is 83.4 Å². The number of anilines is 1. The number of nitrogens with zero attached hydrogens (tertiary/aromatic N) is 2. The molecule has 10 heteroatoms. The van der Waals surface area contributed by atoms with Crippen molar-refractivity contribution in [1.29, 1.82) is 0 Å². The Bertz CT molecular complexity index is 1460. The average Bonchev–Trinajstić information content (AvgIpc) is 2.96. The summed E-state index contributed by atoms with van der Waals surface area (Å²) in [5.41, 5.74) is 3.09. The topological polar surface area (TPSA) is 105 Å². The van der Waals surface area contributed by atoms with Gasteiger partial charge in [0, 0.05) is 19.2 Å². The highest BCUT2D eigenvalue weighted by atomic mass is 32.2. The Morgan fingerprint density at radius 3 is 2.15 bits per heavy atom. The molecular formula is C31H39N3O6S. The number of nitrogens with one attached hydrogen (secondary N) is 1. The Morgan fingerprint density at radius 1 is 0.902 bits per heavy atom. The number of ether oxygens (including phenoxy) is 2. The van der Waals surface area contributed by atoms with E-state index in [9.17, 15) is 18.0 Å². The highest BCUT2D eigenvalue weighted by Crippen LogP contribution is 2.32. The summed E-state index contributed by atoms with van der Waals surface area (Å²) in [4.78, 5) is 28.6. The van der Waals surface area contributed by atoms with Crippen LogP contribution in [0.15, 0.2) is 71.6 Å². The van der Waals surface area contributed by atoms with E-state index in [0.717, 1.165) is 21.0 Å². The molecule has 2 amide bonds. The van der Waals surface area contributed by atoms with Gasteiger partial charge in [0.2, 0.25) is 11.8 Å². The second kappa shape index (κ2) is 14.0. The van der Waals surface area contributed by atoms with Crippen molar-refractivity contribution in [1.82, 2.24) is 10.2 Å². The molecule has 0 aliphatic rings. The Morgan fingerprint density at radius 2 is 1.56 bits per heavy atom. The third-order valence-electron chi connectivity index (χ3n) is 6.88. The normalized spacial score (nSPS) is 11.9. The zero-order valence-electron chi connectivity index (χ0n) is 24.5. The van der Waals surface area contributed by atoms with Crippen LogP contribution in [0.5, 0.6) is 11.5 Å². The first-order chi connectivity index (χ1) is 19.6. The molecule has 0 saturated carbocycles. The third kappa shape index (κ3) is 7.38. The second-order valence-corrected chi connectivity index (χ2v) is 11.5. The fraction of sp³-hybridized carbons (Fsp3) is 0.355. The van der Waals surface area contributed by atoms with Crippen molar-refractivity contribution in [3.8, 4) is 11.5 Å². The minimum absolute atomic E-state index is 0.0650. The lowest BCUT2D eigenvalue weighted by Crippen LogP contribution is -2.52. The van der Waals surface area contributed by atoms with Crippen LogP contribution in [-0.4, -0.2) is 58.5 Å². The number of likely N-dealkylation sites (N-methyl/N-ethyl adjacent to an activating group) is 1. The molecule has 0 saturated heterocycles. The fourth-order valence-electron chi connectivity index (χ4n) is 4.53. The van der Waals surface area contributed by atoms with Gasteiger partial charge in [-0.1, -0.05) is 48.9 Å². The molecule has 0 aliphatic heterocycles. The van der Waals surface area contributed by atoms with E-state index in [2.05, 4.69) is 5.32 Å². The van der Waals surface area contributed by atoms with E-state index in [1.807, 2.05) is 52.0 Å². The van der Waals surface area contributed by atoms with Crippen LogP contribution in [0.2, 0.25) is 0 Å². The maximum Gasteiger partial charge on any atom is 0.264 e. The van der Waals surface area contributed by atoms with Gasteiger partial charge in [0.15, 0.2) is 11.5 Å². The van der Waals surface area contributed by atoms with Crippen LogP contribution in [0.4, 0.5) is 5.69 Å². The van der Waals surface area contributed by atoms with E-state index in [1.165, 1.54) is 37.3 Å². The molecule has 3 rings (SSSR count). The predicted octanol–water partition coefficient (Wildman–Crippen LogP) is 4.46. The molecule has 0 fully saturated rings. The van der Waals surface area contributed by atoms with E-state index in [4.69, 9.17) is 9.47 Å². The van der Waals surface area contributed by atoms with Crippen LogP contribution in [0, 0.1) is 13.8 Å². The van der Waals surface area contributed by atoms with E-state index < -0.39 is 28.5 Å². The quantitative estimate of drug-likeness (QED) is 0.320. The van der Waals surface area contributed by atoms with Gasteiger partial charge in [0.25, 0.3) is 10.0 Å². The van der Waals surface area contributed by atoms with E-state index >= 15 is 0 Å². The summed E-state index contributed by atoms with van der Waals surface area (Å²) in [5.74, 6) is -0.175. The molecule has 1 atom stereocenters. The summed E-state index contributed by atoms with van der Waals surface area (Å²) in [6, 6.07) is 18.0. The van der Waals surface area contributed by atoms with Gasteiger partial charge in [-0.15, -0.1) is 0 Å². The van der Waals surface area contributed by atoms with Gasteiger partial charge in [-0.2, -0.15) is 0 Å². The van der Waals surface area contributed by atoms with Crippen LogP contribution in [0.3, 0.4) is 0 Å². The van der Waals surface area contributed by atoms with Gasteiger partial charge >= 0.3 is 0 Å². The average molecular weight is 582 g/mol. The van der Waals surface area contributed by atoms with Crippen LogP contribution in [0.25, 0.3) is 0 Å². The van der Waals surface area contributed by atoms with E-state index in [0.29, 0.717) is 24.4 Å². The number of amides is 2. The van der Waals surface area contributed by atoms with Crippen LogP contribution < -0.4 is 19.1 Å². The van der Waals surface area contributed by atoms with Crippen LogP contribution >= 0.6 is 0 Å². The summed E-state index contributed by atoms with van der Waals surface area (Å²) in [5, 5.41) is 2.81. The molecule has 220 valence electrons. The van der Waals surface area contributed by atoms with Gasteiger partial charge in [0.05, 0.1) is 24.8 Å². The molecule has 0 spiro atoms. The first kappa shape index (κ1) is 31.5. The summed E-state index contributed by atoms with van der Waals surface area (Å²) >= 11 is 0. The smallest absolute Gasteiger partial charge is 0.264 e. The second-order valence-electron chi connectivity index (χ2n) is 9.63. The van der Waals surface area contributed by atoms with Gasteiger partial charge in [-0.25, -0.2) is 8.42 Å². The van der Waals surface area contributed by atoms with Crippen molar-refractivity contribution in [3.63, 3.8) is 0 Å². The van der Waals surface area contributed by atoms with Crippen molar-refractivity contribution < 1.29 is 27.5 Å². The Hall–Kier alpha value is -4.05. The molecule has 9 nitrogen and oxygen atoms in total. The molecular weight excluding hydrogens is 542 g/mol. The molecule has 0 bridgehead atoms. The summed E-state index contributed by atoms with van der Waals surface area (Å²) in [6.45, 7) is 7.52. The van der Waals surface area contributed by atoms with Gasteiger partial charge in [-0.3, -0.25) is 13.9 Å². The lowest BCUT2D eigenvalue weighted by molar-refractivity contribution is -0.140. The van der Waals surface area contributed by atoms with Crippen molar-refractivity contribution >= 4 is 27.5 Å². The number of rotatable bonds is 13. The summed E-state index contributed by atoms with van der Waals surface area (Å²) in [6.07, 6.45) is 0.358. The Labute approximate surface area is 243 Å². The number of hydrogen-bond acceptors (Lipinski definition) is 6. The minimum Gasteiger partial charge on any atom is -0.493 e. The molecule has 1 N–H and O–H groups in total. The highest BCUT2D eigenvalue weighted by molar-refractivity contribution is 7.92. The summed E-state index contributed by atoms with van der Waals surface area (Å²) < 4.78 is 39.9. The maximum atomic E-state index is 14.1.